The maximum Gasteiger partial charge on any atom is 0.251 e. The Morgan fingerprint density at radius 3 is 2.64 bits per heavy atom. The topological polar surface area (TPSA) is 83.8 Å². The Morgan fingerprint density at radius 2 is 1.96 bits per heavy atom. The average molecular weight is 341 g/mol. The van der Waals surface area contributed by atoms with Crippen LogP contribution in [0.2, 0.25) is 0 Å². The van der Waals surface area contributed by atoms with Gasteiger partial charge >= 0.3 is 0 Å². The van der Waals surface area contributed by atoms with Gasteiger partial charge in [0.25, 0.3) is 5.91 Å². The van der Waals surface area contributed by atoms with Crippen molar-refractivity contribution in [1.82, 2.24) is 10.3 Å². The highest BCUT2D eigenvalue weighted by Crippen LogP contribution is 2.16. The van der Waals surface area contributed by atoms with E-state index in [1.807, 2.05) is 26.0 Å². The van der Waals surface area contributed by atoms with Gasteiger partial charge in [-0.3, -0.25) is 4.79 Å². The van der Waals surface area contributed by atoms with Gasteiger partial charge in [-0.2, -0.15) is 0 Å². The molecule has 1 amide bonds. The average Bonchev–Trinajstić information content (AvgIpc) is 2.62. The molecule has 25 heavy (non-hydrogen) atoms. The molecular formula is C19H23N3O3. The number of amides is 1. The van der Waals surface area contributed by atoms with Gasteiger partial charge in [0.05, 0.1) is 0 Å². The molecule has 0 bridgehead atoms. The normalized spacial score (nSPS) is 11.2. The summed E-state index contributed by atoms with van der Waals surface area (Å²) in [6.45, 7) is 6.51. The third-order valence-corrected chi connectivity index (χ3v) is 3.54. The Morgan fingerprint density at radius 1 is 1.24 bits per heavy atom. The predicted octanol–water partition coefficient (Wildman–Crippen LogP) is 3.18. The van der Waals surface area contributed by atoms with Crippen LogP contribution in [0.25, 0.3) is 0 Å². The van der Waals surface area contributed by atoms with Gasteiger partial charge in [-0.05, 0) is 50.1 Å². The van der Waals surface area contributed by atoms with Crippen LogP contribution in [0.3, 0.4) is 0 Å². The van der Waals surface area contributed by atoms with E-state index in [-0.39, 0.29) is 18.3 Å². The first-order valence-corrected chi connectivity index (χ1v) is 8.22. The van der Waals surface area contributed by atoms with Crippen LogP contribution in [-0.2, 0) is 11.4 Å². The summed E-state index contributed by atoms with van der Waals surface area (Å²) in [5.41, 5.74) is 3.20. The number of nitrogens with zero attached hydrogens (tertiary/aromatic N) is 2. The van der Waals surface area contributed by atoms with E-state index in [4.69, 9.17) is 4.84 Å². The molecular weight excluding hydrogens is 318 g/mol. The van der Waals surface area contributed by atoms with E-state index in [0.29, 0.717) is 23.5 Å². The molecule has 0 saturated heterocycles. The second kappa shape index (κ2) is 8.82. The molecule has 0 aliphatic rings. The molecule has 0 aliphatic carbocycles. The van der Waals surface area contributed by atoms with Crippen molar-refractivity contribution in [3.63, 3.8) is 0 Å². The summed E-state index contributed by atoms with van der Waals surface area (Å²) in [6.07, 6.45) is 0.903. The molecule has 0 saturated carbocycles. The van der Waals surface area contributed by atoms with Gasteiger partial charge < -0.3 is 15.3 Å². The monoisotopic (exact) mass is 341 g/mol. The number of aromatic nitrogens is 1. The van der Waals surface area contributed by atoms with Gasteiger partial charge in [-0.15, -0.1) is 0 Å². The summed E-state index contributed by atoms with van der Waals surface area (Å²) in [5.74, 6) is -0.0120. The number of aryl methyl sites for hydroxylation is 1. The highest BCUT2D eigenvalue weighted by molar-refractivity contribution is 5.98. The summed E-state index contributed by atoms with van der Waals surface area (Å²) < 4.78 is 0. The van der Waals surface area contributed by atoms with Crippen LogP contribution in [-0.4, -0.2) is 28.3 Å². The first-order valence-electron chi connectivity index (χ1n) is 8.22. The fraction of sp³-hybridized carbons (Fsp3) is 0.316. The summed E-state index contributed by atoms with van der Waals surface area (Å²) in [5, 5.41) is 16.7. The largest absolute Gasteiger partial charge is 0.506 e. The van der Waals surface area contributed by atoms with Crippen molar-refractivity contribution in [1.29, 1.82) is 0 Å². The summed E-state index contributed by atoms with van der Waals surface area (Å²) in [6, 6.07) is 10.5. The molecule has 2 N–H and O–H groups in total. The minimum absolute atomic E-state index is 0.0675. The number of carbonyl (C=O) groups is 1. The number of pyridine rings is 1. The van der Waals surface area contributed by atoms with E-state index in [9.17, 15) is 9.90 Å². The zero-order valence-electron chi connectivity index (χ0n) is 14.7. The number of hydrogen-bond acceptors (Lipinski definition) is 5. The lowest BCUT2D eigenvalue weighted by Crippen LogP contribution is -2.23. The van der Waals surface area contributed by atoms with Crippen LogP contribution in [0.5, 0.6) is 5.75 Å². The van der Waals surface area contributed by atoms with E-state index in [2.05, 4.69) is 15.5 Å². The molecule has 6 nitrogen and oxygen atoms in total. The fourth-order valence-corrected chi connectivity index (χ4v) is 2.16. The van der Waals surface area contributed by atoms with E-state index in [1.165, 1.54) is 0 Å². The minimum Gasteiger partial charge on any atom is -0.506 e. The van der Waals surface area contributed by atoms with Crippen molar-refractivity contribution in [2.24, 2.45) is 5.16 Å². The molecule has 0 aliphatic heterocycles. The lowest BCUT2D eigenvalue weighted by molar-refractivity contribution is 0.0953. The number of carbonyl (C=O) groups excluding carboxylic acids is 1. The number of aromatic hydroxyl groups is 1. The van der Waals surface area contributed by atoms with Gasteiger partial charge in [0, 0.05) is 17.8 Å². The van der Waals surface area contributed by atoms with Gasteiger partial charge in [-0.25, -0.2) is 4.98 Å². The lowest BCUT2D eigenvalue weighted by atomic mass is 10.1. The molecule has 0 fully saturated rings. The minimum atomic E-state index is -0.0795. The van der Waals surface area contributed by atoms with Gasteiger partial charge in [0.15, 0.2) is 0 Å². The first-order chi connectivity index (χ1) is 12.0. The number of benzene rings is 1. The number of rotatable bonds is 7. The first kappa shape index (κ1) is 18.4. The molecule has 1 aromatic heterocycles. The van der Waals surface area contributed by atoms with Crippen molar-refractivity contribution in [2.75, 3.05) is 6.54 Å². The SMILES string of the molecule is CCCNC(=O)c1ccc(CON=C(C)c2nc(C)ccc2O)cc1. The van der Waals surface area contributed by atoms with Crippen molar-refractivity contribution in [3.05, 3.63) is 58.9 Å². The van der Waals surface area contributed by atoms with Crippen molar-refractivity contribution < 1.29 is 14.7 Å². The third-order valence-electron chi connectivity index (χ3n) is 3.54. The maximum absolute atomic E-state index is 11.8. The van der Waals surface area contributed by atoms with E-state index >= 15 is 0 Å². The summed E-state index contributed by atoms with van der Waals surface area (Å²) in [7, 11) is 0. The maximum atomic E-state index is 11.8. The van der Waals surface area contributed by atoms with Gasteiger partial charge in [0.2, 0.25) is 0 Å². The standard InChI is InChI=1S/C19H23N3O3/c1-4-11-20-19(24)16-8-6-15(7-9-16)12-25-22-14(3)18-17(23)10-5-13(2)21-18/h5-10,23H,4,11-12H2,1-3H3,(H,20,24). The fourth-order valence-electron chi connectivity index (χ4n) is 2.16. The number of hydrogen-bond donors (Lipinski definition) is 2. The number of nitrogens with one attached hydrogen (secondary N) is 1. The second-order valence-electron chi connectivity index (χ2n) is 5.72. The Kier molecular flexibility index (Phi) is 6.51. The summed E-state index contributed by atoms with van der Waals surface area (Å²) >= 11 is 0. The molecule has 0 atom stereocenters. The lowest BCUT2D eigenvalue weighted by Gasteiger charge is -2.06. The molecule has 132 valence electrons. The molecule has 1 aromatic carbocycles. The Bertz CT molecular complexity index is 755. The predicted molar refractivity (Wildman–Crippen MR) is 96.7 cm³/mol. The molecule has 1 heterocycles. The quantitative estimate of drug-likeness (QED) is 0.598. The Labute approximate surface area is 147 Å². The highest BCUT2D eigenvalue weighted by Gasteiger charge is 2.08. The molecule has 2 aromatic rings. The van der Waals surface area contributed by atoms with Crippen molar-refractivity contribution in [2.45, 2.75) is 33.8 Å². The summed E-state index contributed by atoms with van der Waals surface area (Å²) in [4.78, 5) is 21.4. The van der Waals surface area contributed by atoms with E-state index in [0.717, 1.165) is 17.7 Å². The van der Waals surface area contributed by atoms with Gasteiger partial charge in [-0.1, -0.05) is 24.2 Å². The van der Waals surface area contributed by atoms with Crippen LogP contribution >= 0.6 is 0 Å². The molecule has 6 heteroatoms. The highest BCUT2D eigenvalue weighted by atomic mass is 16.6. The Hall–Kier alpha value is -2.89. The molecule has 0 radical (unpaired) electrons. The van der Waals surface area contributed by atoms with Crippen molar-refractivity contribution >= 4 is 11.6 Å². The van der Waals surface area contributed by atoms with Crippen LogP contribution < -0.4 is 5.32 Å². The third kappa shape index (κ3) is 5.31. The van der Waals surface area contributed by atoms with Crippen LogP contribution in [0.1, 0.15) is 47.6 Å². The van der Waals surface area contributed by atoms with Crippen LogP contribution in [0.15, 0.2) is 41.6 Å². The zero-order valence-corrected chi connectivity index (χ0v) is 14.7. The zero-order chi connectivity index (χ0) is 18.2. The van der Waals surface area contributed by atoms with Crippen LogP contribution in [0, 0.1) is 6.92 Å². The molecule has 2 rings (SSSR count). The Balaban J connectivity index is 1.95. The molecule has 0 spiro atoms. The van der Waals surface area contributed by atoms with Crippen LogP contribution in [0.4, 0.5) is 0 Å². The number of oxime groups is 1. The van der Waals surface area contributed by atoms with Gasteiger partial charge in [0.1, 0.15) is 23.8 Å². The van der Waals surface area contributed by atoms with Crippen molar-refractivity contribution in [3.8, 4) is 5.75 Å². The van der Waals surface area contributed by atoms with E-state index in [1.54, 1.807) is 31.2 Å². The smallest absolute Gasteiger partial charge is 0.251 e. The van der Waals surface area contributed by atoms with E-state index < -0.39 is 0 Å². The molecule has 0 unspecified atom stereocenters. The second-order valence-corrected chi connectivity index (χ2v) is 5.72.